The monoisotopic (exact) mass is 364 g/mol. The van der Waals surface area contributed by atoms with Crippen molar-refractivity contribution in [3.05, 3.63) is 59.7 Å². The van der Waals surface area contributed by atoms with Crippen LogP contribution in [0.4, 0.5) is 18.9 Å². The quantitative estimate of drug-likeness (QED) is 0.897. The predicted molar refractivity (Wildman–Crippen MR) is 89.1 cm³/mol. The van der Waals surface area contributed by atoms with Gasteiger partial charge < -0.3 is 14.9 Å². The molecule has 0 saturated carbocycles. The van der Waals surface area contributed by atoms with E-state index in [-0.39, 0.29) is 12.1 Å². The zero-order valence-electron chi connectivity index (χ0n) is 13.7. The van der Waals surface area contributed by atoms with Gasteiger partial charge in [-0.25, -0.2) is 0 Å². The molecule has 0 bridgehead atoms. The molecule has 0 radical (unpaired) electrons. The molecule has 1 N–H and O–H groups in total. The normalized spacial score (nSPS) is 16.6. The number of oxime groups is 1. The fourth-order valence-corrected chi connectivity index (χ4v) is 2.52. The van der Waals surface area contributed by atoms with Crippen LogP contribution in [0.5, 0.6) is 5.75 Å². The lowest BCUT2D eigenvalue weighted by Crippen LogP contribution is -2.29. The molecule has 5 nitrogen and oxygen atoms in total. The summed E-state index contributed by atoms with van der Waals surface area (Å²) >= 11 is 0. The van der Waals surface area contributed by atoms with E-state index in [1.165, 1.54) is 18.2 Å². The van der Waals surface area contributed by atoms with Crippen LogP contribution >= 0.6 is 0 Å². The van der Waals surface area contributed by atoms with Gasteiger partial charge in [0.2, 0.25) is 6.10 Å². The van der Waals surface area contributed by atoms with Gasteiger partial charge in [-0.2, -0.15) is 13.2 Å². The van der Waals surface area contributed by atoms with Gasteiger partial charge in [0.05, 0.1) is 24.1 Å². The molecule has 8 heteroatoms. The second kappa shape index (κ2) is 7.07. The minimum absolute atomic E-state index is 0.159. The van der Waals surface area contributed by atoms with Gasteiger partial charge >= 0.3 is 6.18 Å². The van der Waals surface area contributed by atoms with Crippen LogP contribution in [0.25, 0.3) is 0 Å². The fraction of sp³-hybridized carbons (Fsp3) is 0.222. The summed E-state index contributed by atoms with van der Waals surface area (Å²) in [6.07, 6.45) is -5.40. The standard InChI is InChI=1S/C18H15F3N2O3/c1-25-12-8-6-11(7-9-12)15-10-16(26-23-15)17(24)22-14-5-3-2-4-13(14)18(19,20)21/h2-9,16H,10H2,1H3,(H,22,24)/t16-/m1/s1. The van der Waals surface area contributed by atoms with Crippen LogP contribution in [0.1, 0.15) is 17.5 Å². The number of hydrogen-bond acceptors (Lipinski definition) is 4. The largest absolute Gasteiger partial charge is 0.497 e. The van der Waals surface area contributed by atoms with Crippen LogP contribution in [0, 0.1) is 0 Å². The van der Waals surface area contributed by atoms with E-state index >= 15 is 0 Å². The maximum absolute atomic E-state index is 13.0. The van der Waals surface area contributed by atoms with E-state index < -0.39 is 23.8 Å². The van der Waals surface area contributed by atoms with Gasteiger partial charge in [0, 0.05) is 6.42 Å². The average molecular weight is 364 g/mol. The second-order valence-corrected chi connectivity index (χ2v) is 5.60. The summed E-state index contributed by atoms with van der Waals surface area (Å²) in [4.78, 5) is 17.4. The number of halogens is 3. The molecule has 0 spiro atoms. The van der Waals surface area contributed by atoms with Crippen LogP contribution in [0.15, 0.2) is 53.7 Å². The number of nitrogens with one attached hydrogen (secondary N) is 1. The Labute approximate surface area is 147 Å². The summed E-state index contributed by atoms with van der Waals surface area (Å²) in [5.74, 6) is -0.0136. The minimum atomic E-state index is -4.56. The third-order valence-corrected chi connectivity index (χ3v) is 3.87. The smallest absolute Gasteiger partial charge is 0.418 e. The van der Waals surface area contributed by atoms with Crippen molar-refractivity contribution in [1.82, 2.24) is 0 Å². The van der Waals surface area contributed by atoms with Gasteiger partial charge in [-0.1, -0.05) is 17.3 Å². The molecule has 1 aliphatic heterocycles. The van der Waals surface area contributed by atoms with Crippen LogP contribution in [-0.4, -0.2) is 24.8 Å². The number of hydrogen-bond donors (Lipinski definition) is 1. The molecule has 136 valence electrons. The highest BCUT2D eigenvalue weighted by Crippen LogP contribution is 2.34. The first-order chi connectivity index (χ1) is 12.4. The van der Waals surface area contributed by atoms with Crippen LogP contribution in [-0.2, 0) is 15.8 Å². The molecule has 26 heavy (non-hydrogen) atoms. The first kappa shape index (κ1) is 17.8. The Morgan fingerprint density at radius 2 is 1.88 bits per heavy atom. The first-order valence-electron chi connectivity index (χ1n) is 7.72. The van der Waals surface area contributed by atoms with Crippen molar-refractivity contribution in [3.8, 4) is 5.75 Å². The molecule has 1 amide bonds. The molecule has 2 aromatic rings. The van der Waals surface area contributed by atoms with Crippen molar-refractivity contribution < 1.29 is 27.5 Å². The summed E-state index contributed by atoms with van der Waals surface area (Å²) in [6, 6.07) is 11.8. The molecule has 0 unspecified atom stereocenters. The maximum atomic E-state index is 13.0. The van der Waals surface area contributed by atoms with Crippen molar-refractivity contribution in [2.45, 2.75) is 18.7 Å². The highest BCUT2D eigenvalue weighted by atomic mass is 19.4. The van der Waals surface area contributed by atoms with Crippen LogP contribution < -0.4 is 10.1 Å². The van der Waals surface area contributed by atoms with E-state index in [9.17, 15) is 18.0 Å². The van der Waals surface area contributed by atoms with E-state index in [1.807, 2.05) is 0 Å². The number of para-hydroxylation sites is 1. The van der Waals surface area contributed by atoms with Gasteiger partial charge in [0.1, 0.15) is 5.75 Å². The molecule has 1 aliphatic rings. The molecule has 3 rings (SSSR count). The molecule has 1 heterocycles. The minimum Gasteiger partial charge on any atom is -0.497 e. The summed E-state index contributed by atoms with van der Waals surface area (Å²) in [7, 11) is 1.55. The Hall–Kier alpha value is -3.03. The van der Waals surface area contributed by atoms with Gasteiger partial charge in [-0.15, -0.1) is 0 Å². The Bertz CT molecular complexity index is 832. The lowest BCUT2D eigenvalue weighted by molar-refractivity contribution is -0.137. The van der Waals surface area contributed by atoms with Gasteiger partial charge in [-0.3, -0.25) is 4.79 Å². The number of nitrogens with zero attached hydrogens (tertiary/aromatic N) is 1. The molecule has 0 saturated heterocycles. The molecule has 0 aliphatic carbocycles. The number of carbonyl (C=O) groups excluding carboxylic acids is 1. The fourth-order valence-electron chi connectivity index (χ4n) is 2.52. The molecule has 1 atom stereocenters. The summed E-state index contributed by atoms with van der Waals surface area (Å²) in [5, 5.41) is 6.14. The van der Waals surface area contributed by atoms with Gasteiger partial charge in [0.15, 0.2) is 0 Å². The van der Waals surface area contributed by atoms with Crippen molar-refractivity contribution in [3.63, 3.8) is 0 Å². The number of alkyl halides is 3. The lowest BCUT2D eigenvalue weighted by Gasteiger charge is -2.15. The van der Waals surface area contributed by atoms with Crippen molar-refractivity contribution >= 4 is 17.3 Å². The molecule has 2 aromatic carbocycles. The van der Waals surface area contributed by atoms with Crippen molar-refractivity contribution in [1.29, 1.82) is 0 Å². The van der Waals surface area contributed by atoms with Crippen molar-refractivity contribution in [2.24, 2.45) is 5.16 Å². The Kier molecular flexibility index (Phi) is 4.83. The Morgan fingerprint density at radius 3 is 2.54 bits per heavy atom. The predicted octanol–water partition coefficient (Wildman–Crippen LogP) is 3.85. The number of rotatable bonds is 4. The van der Waals surface area contributed by atoms with Crippen LogP contribution in [0.3, 0.4) is 0 Å². The molecular weight excluding hydrogens is 349 g/mol. The van der Waals surface area contributed by atoms with Gasteiger partial charge in [-0.05, 0) is 42.0 Å². The third kappa shape index (κ3) is 3.79. The highest BCUT2D eigenvalue weighted by molar-refractivity contribution is 6.06. The summed E-state index contributed by atoms with van der Waals surface area (Å²) in [6.45, 7) is 0. The first-order valence-corrected chi connectivity index (χ1v) is 7.72. The summed E-state index contributed by atoms with van der Waals surface area (Å²) in [5.41, 5.74) is 0.0582. The van der Waals surface area contributed by atoms with E-state index in [0.717, 1.165) is 11.6 Å². The topological polar surface area (TPSA) is 59.9 Å². The molecule has 0 fully saturated rings. The Morgan fingerprint density at radius 1 is 1.19 bits per heavy atom. The SMILES string of the molecule is COc1ccc(C2=NO[C@@H](C(=O)Nc3ccccc3C(F)(F)F)C2)cc1. The number of ether oxygens (including phenoxy) is 1. The van der Waals surface area contributed by atoms with E-state index in [2.05, 4.69) is 10.5 Å². The van der Waals surface area contributed by atoms with Crippen LogP contribution in [0.2, 0.25) is 0 Å². The second-order valence-electron chi connectivity index (χ2n) is 5.60. The summed E-state index contributed by atoms with van der Waals surface area (Å²) < 4.78 is 44.1. The number of benzene rings is 2. The number of methoxy groups -OCH3 is 1. The third-order valence-electron chi connectivity index (χ3n) is 3.87. The van der Waals surface area contributed by atoms with Gasteiger partial charge in [0.25, 0.3) is 5.91 Å². The lowest BCUT2D eigenvalue weighted by atomic mass is 10.0. The zero-order valence-corrected chi connectivity index (χ0v) is 13.7. The average Bonchev–Trinajstić information content (AvgIpc) is 3.11. The zero-order chi connectivity index (χ0) is 18.7. The van der Waals surface area contributed by atoms with E-state index in [0.29, 0.717) is 11.5 Å². The number of amides is 1. The van der Waals surface area contributed by atoms with Crippen molar-refractivity contribution in [2.75, 3.05) is 12.4 Å². The maximum Gasteiger partial charge on any atom is 0.418 e. The molecular formula is C18H15F3N2O3. The highest BCUT2D eigenvalue weighted by Gasteiger charge is 2.35. The molecule has 0 aromatic heterocycles. The van der Waals surface area contributed by atoms with E-state index in [4.69, 9.17) is 9.57 Å². The number of carbonyl (C=O) groups is 1. The number of anilines is 1. The Balaban J connectivity index is 1.68. The van der Waals surface area contributed by atoms with E-state index in [1.54, 1.807) is 31.4 Å².